The summed E-state index contributed by atoms with van der Waals surface area (Å²) in [6.45, 7) is 4.89. The molecule has 7 atom stereocenters. The Morgan fingerprint density at radius 1 is 1.15 bits per heavy atom. The monoisotopic (exact) mass is 740 g/mol. The van der Waals surface area contributed by atoms with Crippen molar-refractivity contribution in [3.63, 3.8) is 0 Å². The fourth-order valence-electron chi connectivity index (χ4n) is 7.60. The molecule has 0 aliphatic carbocycles. The zero-order valence-electron chi connectivity index (χ0n) is 30.8. The summed E-state index contributed by atoms with van der Waals surface area (Å²) in [4.78, 5) is 12.3. The Morgan fingerprint density at radius 3 is 2.68 bits per heavy atom. The number of ether oxygens (including phenoxy) is 4. The molecule has 14 heteroatoms. The van der Waals surface area contributed by atoms with Crippen molar-refractivity contribution in [3.8, 4) is 28.7 Å². The fourth-order valence-corrected chi connectivity index (χ4v) is 7.60. The van der Waals surface area contributed by atoms with E-state index in [1.807, 2.05) is 18.2 Å². The Bertz CT molecular complexity index is 1620. The van der Waals surface area contributed by atoms with Crippen LogP contribution in [0.3, 0.4) is 0 Å². The number of aliphatic hydroxyl groups is 2. The van der Waals surface area contributed by atoms with Crippen LogP contribution in [0.4, 0.5) is 0 Å². The zero-order chi connectivity index (χ0) is 38.1. The first kappa shape index (κ1) is 40.0. The number of allylic oxidation sites excluding steroid dienone is 2. The predicted octanol–water partition coefficient (Wildman–Crippen LogP) is 3.33. The number of carboxylic acid groups (broad SMARTS) is 1. The second-order valence-electron chi connectivity index (χ2n) is 14.7. The summed E-state index contributed by atoms with van der Waals surface area (Å²) in [5.41, 5.74) is 7.95. The lowest BCUT2D eigenvalue weighted by atomic mass is 9.66. The number of aliphatic carboxylic acids is 1. The Hall–Kier alpha value is -4.21. The number of carboxylic acids is 1. The minimum atomic E-state index is -0.896. The van der Waals surface area contributed by atoms with Crippen molar-refractivity contribution < 1.29 is 49.3 Å². The molecule has 5 rings (SSSR count). The van der Waals surface area contributed by atoms with E-state index in [0.717, 1.165) is 17.6 Å². The van der Waals surface area contributed by atoms with Gasteiger partial charge in [0, 0.05) is 37.0 Å². The molecule has 53 heavy (non-hydrogen) atoms. The number of phenols is 2. The Morgan fingerprint density at radius 2 is 1.94 bits per heavy atom. The fraction of sp³-hybridized carbons (Fsp3) is 0.564. The van der Waals surface area contributed by atoms with E-state index in [-0.39, 0.29) is 60.9 Å². The van der Waals surface area contributed by atoms with Crippen LogP contribution in [0.5, 0.6) is 28.7 Å². The van der Waals surface area contributed by atoms with Crippen molar-refractivity contribution in [1.29, 1.82) is 0 Å². The topological polar surface area (TPSA) is 217 Å². The molecule has 3 aliphatic rings. The molecule has 0 unspecified atom stereocenters. The third-order valence-electron chi connectivity index (χ3n) is 10.4. The van der Waals surface area contributed by atoms with Crippen LogP contribution >= 0.6 is 0 Å². The number of nitrogens with two attached hydrogens (primary N) is 1. The van der Waals surface area contributed by atoms with Crippen molar-refractivity contribution in [3.05, 3.63) is 65.0 Å². The van der Waals surface area contributed by atoms with E-state index in [2.05, 4.69) is 22.9 Å². The summed E-state index contributed by atoms with van der Waals surface area (Å²) in [6, 6.07) is 8.34. The van der Waals surface area contributed by atoms with Gasteiger partial charge in [-0.2, -0.15) is 0 Å². The SMILES string of the molecule is COc1cc([C@@H]2C[C@@H](O)C[C@H](CCc3ccc(O)c(OCNC[C@H](C)O)c3)O2)cc(OC[C@H]2N[C@@H](C)CC[C@]2(CC(=O)O)CC2=CCNC(N)=C2)c1O. The highest BCUT2D eigenvalue weighted by molar-refractivity contribution is 5.68. The maximum absolute atomic E-state index is 12.3. The maximum atomic E-state index is 12.3. The molecule has 2 aromatic carbocycles. The van der Waals surface area contributed by atoms with E-state index < -0.39 is 29.7 Å². The summed E-state index contributed by atoms with van der Waals surface area (Å²) >= 11 is 0. The molecule has 0 bridgehead atoms. The van der Waals surface area contributed by atoms with E-state index in [4.69, 9.17) is 24.7 Å². The number of hydrogen-bond donors (Lipinski definition) is 9. The Labute approximate surface area is 311 Å². The average Bonchev–Trinajstić information content (AvgIpc) is 3.10. The first-order valence-electron chi connectivity index (χ1n) is 18.4. The van der Waals surface area contributed by atoms with Crippen molar-refractivity contribution in [2.24, 2.45) is 11.1 Å². The number of hydrogen-bond acceptors (Lipinski definition) is 13. The highest BCUT2D eigenvalue weighted by Gasteiger charge is 2.45. The number of benzene rings is 2. The maximum Gasteiger partial charge on any atom is 0.303 e. The second-order valence-corrected chi connectivity index (χ2v) is 14.7. The zero-order valence-corrected chi connectivity index (χ0v) is 30.8. The molecule has 0 saturated carbocycles. The van der Waals surface area contributed by atoms with Crippen molar-refractivity contribution in [2.45, 2.75) is 102 Å². The van der Waals surface area contributed by atoms with Gasteiger partial charge in [0.2, 0.25) is 5.75 Å². The summed E-state index contributed by atoms with van der Waals surface area (Å²) in [6.07, 6.45) is 5.84. The largest absolute Gasteiger partial charge is 0.504 e. The Kier molecular flexibility index (Phi) is 13.7. The number of methoxy groups -OCH3 is 1. The number of phenolic OH excluding ortho intramolecular Hbond substituents is 2. The van der Waals surface area contributed by atoms with Gasteiger partial charge in [0.1, 0.15) is 13.3 Å². The molecule has 0 radical (unpaired) electrons. The van der Waals surface area contributed by atoms with E-state index >= 15 is 0 Å². The van der Waals surface area contributed by atoms with Gasteiger partial charge in [-0.25, -0.2) is 0 Å². The summed E-state index contributed by atoms with van der Waals surface area (Å²) < 4.78 is 24.1. The Balaban J connectivity index is 1.29. The number of rotatable bonds is 17. The summed E-state index contributed by atoms with van der Waals surface area (Å²) in [5, 5.41) is 61.5. The van der Waals surface area contributed by atoms with Crippen molar-refractivity contribution in [1.82, 2.24) is 16.0 Å². The first-order valence-corrected chi connectivity index (χ1v) is 18.4. The molecule has 3 aliphatic heterocycles. The minimum Gasteiger partial charge on any atom is -0.504 e. The number of carbonyl (C=O) groups is 1. The van der Waals surface area contributed by atoms with Crippen LogP contribution in [0, 0.1) is 5.41 Å². The van der Waals surface area contributed by atoms with Gasteiger partial charge in [-0.15, -0.1) is 0 Å². The van der Waals surface area contributed by atoms with Gasteiger partial charge >= 0.3 is 5.97 Å². The lowest BCUT2D eigenvalue weighted by Crippen LogP contribution is -2.57. The molecule has 0 amide bonds. The number of aryl methyl sites for hydroxylation is 1. The average molecular weight is 741 g/mol. The summed E-state index contributed by atoms with van der Waals surface area (Å²) in [5.74, 6) is 0.177. The molecule has 10 N–H and O–H groups in total. The van der Waals surface area contributed by atoms with Crippen LogP contribution in [0.2, 0.25) is 0 Å². The van der Waals surface area contributed by atoms with E-state index in [9.17, 15) is 30.3 Å². The molecule has 2 fully saturated rings. The minimum absolute atomic E-state index is 0.0131. The van der Waals surface area contributed by atoms with Gasteiger partial charge in [0.15, 0.2) is 23.0 Å². The molecule has 14 nitrogen and oxygen atoms in total. The lowest BCUT2D eigenvalue weighted by Gasteiger charge is -2.46. The number of piperidine rings is 1. The van der Waals surface area contributed by atoms with Gasteiger partial charge in [0.25, 0.3) is 0 Å². The number of aliphatic hydroxyl groups excluding tert-OH is 2. The second kappa shape index (κ2) is 18.2. The van der Waals surface area contributed by atoms with Gasteiger partial charge in [-0.05, 0) is 99.4 Å². The van der Waals surface area contributed by atoms with Crippen LogP contribution in [0.25, 0.3) is 0 Å². The first-order chi connectivity index (χ1) is 25.3. The van der Waals surface area contributed by atoms with Crippen LogP contribution in [0.15, 0.2) is 53.9 Å². The highest BCUT2D eigenvalue weighted by atomic mass is 16.5. The smallest absolute Gasteiger partial charge is 0.303 e. The number of dihydropyridines is 1. The van der Waals surface area contributed by atoms with Crippen molar-refractivity contribution >= 4 is 5.97 Å². The highest BCUT2D eigenvalue weighted by Crippen LogP contribution is 2.46. The molecular formula is C39H56N4O10. The molecule has 3 heterocycles. The molecule has 2 aromatic rings. The molecule has 292 valence electrons. The molecule has 0 aromatic heterocycles. The van der Waals surface area contributed by atoms with E-state index in [0.29, 0.717) is 68.7 Å². The van der Waals surface area contributed by atoms with Crippen LogP contribution in [-0.2, 0) is 16.0 Å². The molecular weight excluding hydrogens is 684 g/mol. The normalized spacial score (nSPS) is 26.5. The predicted molar refractivity (Wildman–Crippen MR) is 198 cm³/mol. The lowest BCUT2D eigenvalue weighted by molar-refractivity contribution is -0.141. The third-order valence-corrected chi connectivity index (χ3v) is 10.4. The van der Waals surface area contributed by atoms with Crippen LogP contribution in [0.1, 0.15) is 76.0 Å². The molecule has 0 spiro atoms. The summed E-state index contributed by atoms with van der Waals surface area (Å²) in [7, 11) is 1.45. The standard InChI is InChI=1S/C39H56N4O10/c1-23-8-10-39(19-37(47)48,18-26-9-11-42-36(40)13-26)35(43-23)21-51-34-15-27(14-33(50-3)38(34)49)31-17-28(45)16-29(53-31)6-4-25-5-7-30(46)32(12-25)52-22-41-20-24(2)44/h5,7,9,12-15,23-24,28-29,31,35,41-46,49H,4,6,8,10-11,16-22,40H2,1-3H3,(H,47,48)/t23-,24-,28-,29-,31-,35+,39+/m0/s1. The molecule has 2 saturated heterocycles. The number of aromatic hydroxyl groups is 2. The van der Waals surface area contributed by atoms with Gasteiger partial charge in [0.05, 0.1) is 43.8 Å². The van der Waals surface area contributed by atoms with E-state index in [1.165, 1.54) is 7.11 Å². The van der Waals surface area contributed by atoms with Crippen LogP contribution in [-0.4, -0.2) is 95.4 Å². The van der Waals surface area contributed by atoms with Crippen molar-refractivity contribution in [2.75, 3.05) is 33.5 Å². The van der Waals surface area contributed by atoms with Gasteiger partial charge in [-0.3, -0.25) is 10.1 Å². The van der Waals surface area contributed by atoms with E-state index in [1.54, 1.807) is 31.2 Å². The number of nitrogens with one attached hydrogen (secondary N) is 3. The van der Waals surface area contributed by atoms with Crippen LogP contribution < -0.4 is 35.9 Å². The van der Waals surface area contributed by atoms with Gasteiger partial charge in [-0.1, -0.05) is 12.1 Å². The quantitative estimate of drug-likeness (QED) is 0.0840. The van der Waals surface area contributed by atoms with Gasteiger partial charge < -0.3 is 60.8 Å². The third kappa shape index (κ3) is 10.9.